The number of rotatable bonds is 7. The lowest BCUT2D eigenvalue weighted by Gasteiger charge is -2.21. The highest BCUT2D eigenvalue weighted by atomic mass is 16.2. The van der Waals surface area contributed by atoms with Gasteiger partial charge in [-0.3, -0.25) is 9.59 Å². The van der Waals surface area contributed by atoms with Crippen LogP contribution in [0.15, 0.2) is 78.9 Å². The number of carbonyl (C=O) groups is 2. The van der Waals surface area contributed by atoms with Gasteiger partial charge in [0.25, 0.3) is 11.8 Å². The van der Waals surface area contributed by atoms with Crippen molar-refractivity contribution < 1.29 is 9.59 Å². The number of nitrogens with one attached hydrogen (secondary N) is 1. The molecule has 0 heterocycles. The fourth-order valence-electron chi connectivity index (χ4n) is 3.10. The van der Waals surface area contributed by atoms with E-state index in [9.17, 15) is 9.59 Å². The SMILES string of the molecule is CCN(Cc1ccccc1)C(=O)c1cccc(C(=O)NCc2ccc(C)cc2)c1. The van der Waals surface area contributed by atoms with E-state index in [-0.39, 0.29) is 11.8 Å². The first kappa shape index (κ1) is 20.3. The van der Waals surface area contributed by atoms with Gasteiger partial charge in [-0.05, 0) is 43.2 Å². The summed E-state index contributed by atoms with van der Waals surface area (Å²) in [6.07, 6.45) is 0. The summed E-state index contributed by atoms with van der Waals surface area (Å²) in [5, 5.41) is 2.92. The molecule has 4 heteroatoms. The third-order valence-electron chi connectivity index (χ3n) is 4.83. The summed E-state index contributed by atoms with van der Waals surface area (Å²) in [6.45, 7) is 5.57. The van der Waals surface area contributed by atoms with Crippen LogP contribution in [0.2, 0.25) is 0 Å². The molecule has 0 aliphatic heterocycles. The zero-order valence-electron chi connectivity index (χ0n) is 16.9. The molecule has 0 aromatic heterocycles. The molecule has 0 aliphatic carbocycles. The van der Waals surface area contributed by atoms with Crippen LogP contribution in [-0.4, -0.2) is 23.3 Å². The van der Waals surface area contributed by atoms with Crippen molar-refractivity contribution in [2.24, 2.45) is 0 Å². The van der Waals surface area contributed by atoms with E-state index in [1.54, 1.807) is 29.2 Å². The van der Waals surface area contributed by atoms with E-state index in [0.717, 1.165) is 11.1 Å². The molecule has 0 bridgehead atoms. The molecule has 3 aromatic carbocycles. The minimum Gasteiger partial charge on any atom is -0.348 e. The second kappa shape index (κ2) is 9.69. The monoisotopic (exact) mass is 386 g/mol. The molecule has 0 fully saturated rings. The Kier molecular flexibility index (Phi) is 6.80. The number of hydrogen-bond acceptors (Lipinski definition) is 2. The lowest BCUT2D eigenvalue weighted by atomic mass is 10.1. The van der Waals surface area contributed by atoms with Crippen molar-refractivity contribution >= 4 is 11.8 Å². The maximum atomic E-state index is 13.0. The van der Waals surface area contributed by atoms with Crippen LogP contribution in [0.25, 0.3) is 0 Å². The number of aryl methyl sites for hydroxylation is 1. The molecule has 0 radical (unpaired) electrons. The molecule has 2 amide bonds. The predicted molar refractivity (Wildman–Crippen MR) is 116 cm³/mol. The maximum absolute atomic E-state index is 13.0. The number of benzene rings is 3. The Bertz CT molecular complexity index is 966. The number of amides is 2. The lowest BCUT2D eigenvalue weighted by Crippen LogP contribution is -2.30. The Morgan fingerprint density at radius 2 is 1.52 bits per heavy atom. The molecular formula is C25H26N2O2. The second-order valence-corrected chi connectivity index (χ2v) is 7.05. The van der Waals surface area contributed by atoms with Crippen LogP contribution in [-0.2, 0) is 13.1 Å². The smallest absolute Gasteiger partial charge is 0.254 e. The lowest BCUT2D eigenvalue weighted by molar-refractivity contribution is 0.0752. The van der Waals surface area contributed by atoms with Crippen molar-refractivity contribution in [2.45, 2.75) is 26.9 Å². The average molecular weight is 386 g/mol. The van der Waals surface area contributed by atoms with E-state index in [1.165, 1.54) is 5.56 Å². The molecule has 148 valence electrons. The molecule has 3 rings (SSSR count). The number of hydrogen-bond donors (Lipinski definition) is 1. The van der Waals surface area contributed by atoms with Crippen molar-refractivity contribution in [1.29, 1.82) is 0 Å². The first-order valence-corrected chi connectivity index (χ1v) is 9.84. The van der Waals surface area contributed by atoms with Gasteiger partial charge in [0.1, 0.15) is 0 Å². The van der Waals surface area contributed by atoms with Crippen molar-refractivity contribution in [3.8, 4) is 0 Å². The van der Waals surface area contributed by atoms with Gasteiger partial charge in [0.05, 0.1) is 0 Å². The highest BCUT2D eigenvalue weighted by molar-refractivity contribution is 5.99. The highest BCUT2D eigenvalue weighted by Gasteiger charge is 2.16. The van der Waals surface area contributed by atoms with Gasteiger partial charge >= 0.3 is 0 Å². The molecular weight excluding hydrogens is 360 g/mol. The molecule has 0 unspecified atom stereocenters. The van der Waals surface area contributed by atoms with Crippen LogP contribution in [0.4, 0.5) is 0 Å². The van der Waals surface area contributed by atoms with Crippen molar-refractivity contribution in [2.75, 3.05) is 6.54 Å². The number of nitrogens with zero attached hydrogens (tertiary/aromatic N) is 1. The van der Waals surface area contributed by atoms with Crippen LogP contribution < -0.4 is 5.32 Å². The highest BCUT2D eigenvalue weighted by Crippen LogP contribution is 2.12. The molecule has 0 atom stereocenters. The Balaban J connectivity index is 1.67. The van der Waals surface area contributed by atoms with Gasteiger partial charge in [-0.2, -0.15) is 0 Å². The molecule has 4 nitrogen and oxygen atoms in total. The summed E-state index contributed by atoms with van der Waals surface area (Å²) in [6, 6.07) is 24.8. The normalized spacial score (nSPS) is 10.4. The van der Waals surface area contributed by atoms with Crippen LogP contribution in [0.5, 0.6) is 0 Å². The zero-order chi connectivity index (χ0) is 20.6. The van der Waals surface area contributed by atoms with Crippen LogP contribution in [0.3, 0.4) is 0 Å². The Hall–Kier alpha value is -3.40. The Labute approximate surface area is 172 Å². The standard InChI is InChI=1S/C25H26N2O2/c1-3-27(18-21-8-5-4-6-9-21)25(29)23-11-7-10-22(16-23)24(28)26-17-20-14-12-19(2)13-15-20/h4-16H,3,17-18H2,1-2H3,(H,26,28). The largest absolute Gasteiger partial charge is 0.348 e. The molecule has 0 aliphatic rings. The topological polar surface area (TPSA) is 49.4 Å². The van der Waals surface area contributed by atoms with E-state index in [2.05, 4.69) is 5.32 Å². The van der Waals surface area contributed by atoms with Crippen molar-refractivity contribution in [3.63, 3.8) is 0 Å². The predicted octanol–water partition coefficient (Wildman–Crippen LogP) is 4.59. The molecule has 3 aromatic rings. The van der Waals surface area contributed by atoms with Gasteiger partial charge in [-0.15, -0.1) is 0 Å². The van der Waals surface area contributed by atoms with Gasteiger partial charge in [-0.25, -0.2) is 0 Å². The van der Waals surface area contributed by atoms with E-state index in [1.807, 2.05) is 68.4 Å². The summed E-state index contributed by atoms with van der Waals surface area (Å²) >= 11 is 0. The minimum absolute atomic E-state index is 0.0791. The van der Waals surface area contributed by atoms with Crippen LogP contribution in [0.1, 0.15) is 44.3 Å². The zero-order valence-corrected chi connectivity index (χ0v) is 16.9. The molecule has 0 saturated carbocycles. The van der Waals surface area contributed by atoms with Crippen LogP contribution in [0, 0.1) is 6.92 Å². The van der Waals surface area contributed by atoms with E-state index in [0.29, 0.717) is 30.8 Å². The molecule has 0 spiro atoms. The summed E-state index contributed by atoms with van der Waals surface area (Å²) < 4.78 is 0. The van der Waals surface area contributed by atoms with E-state index in [4.69, 9.17) is 0 Å². The second-order valence-electron chi connectivity index (χ2n) is 7.05. The fraction of sp³-hybridized carbons (Fsp3) is 0.200. The van der Waals surface area contributed by atoms with Crippen LogP contribution >= 0.6 is 0 Å². The summed E-state index contributed by atoms with van der Waals surface area (Å²) in [4.78, 5) is 27.3. The van der Waals surface area contributed by atoms with E-state index < -0.39 is 0 Å². The summed E-state index contributed by atoms with van der Waals surface area (Å²) in [5.74, 6) is -0.268. The summed E-state index contributed by atoms with van der Waals surface area (Å²) in [7, 11) is 0. The first-order chi connectivity index (χ1) is 14.1. The third-order valence-corrected chi connectivity index (χ3v) is 4.83. The maximum Gasteiger partial charge on any atom is 0.254 e. The van der Waals surface area contributed by atoms with Gasteiger partial charge in [0.2, 0.25) is 0 Å². The fourth-order valence-corrected chi connectivity index (χ4v) is 3.10. The van der Waals surface area contributed by atoms with Gasteiger partial charge < -0.3 is 10.2 Å². The molecule has 1 N–H and O–H groups in total. The Morgan fingerprint density at radius 3 is 2.21 bits per heavy atom. The molecule has 0 saturated heterocycles. The van der Waals surface area contributed by atoms with Crippen molar-refractivity contribution in [1.82, 2.24) is 10.2 Å². The molecule has 29 heavy (non-hydrogen) atoms. The van der Waals surface area contributed by atoms with Crippen molar-refractivity contribution in [3.05, 3.63) is 107 Å². The van der Waals surface area contributed by atoms with E-state index >= 15 is 0 Å². The quantitative estimate of drug-likeness (QED) is 0.646. The van der Waals surface area contributed by atoms with Gasteiger partial charge in [-0.1, -0.05) is 66.2 Å². The van der Waals surface area contributed by atoms with Gasteiger partial charge in [0, 0.05) is 30.8 Å². The average Bonchev–Trinajstić information content (AvgIpc) is 2.77. The van der Waals surface area contributed by atoms with Gasteiger partial charge in [0.15, 0.2) is 0 Å². The number of carbonyl (C=O) groups excluding carboxylic acids is 2. The minimum atomic E-state index is -0.189. The Morgan fingerprint density at radius 1 is 0.828 bits per heavy atom. The first-order valence-electron chi connectivity index (χ1n) is 9.84. The summed E-state index contributed by atoms with van der Waals surface area (Å²) in [5.41, 5.74) is 4.30. The third kappa shape index (κ3) is 5.55.